The van der Waals surface area contributed by atoms with Gasteiger partial charge in [-0.15, -0.1) is 0 Å². The van der Waals surface area contributed by atoms with Gasteiger partial charge in [-0.3, -0.25) is 14.9 Å². The average Bonchev–Trinajstić information content (AvgIpc) is 2.16. The van der Waals surface area contributed by atoms with Gasteiger partial charge in [0.05, 0.1) is 4.92 Å². The summed E-state index contributed by atoms with van der Waals surface area (Å²) in [6.45, 7) is 0. The van der Waals surface area contributed by atoms with Gasteiger partial charge < -0.3 is 10.8 Å². The third-order valence-electron chi connectivity index (χ3n) is 1.79. The second-order valence-corrected chi connectivity index (χ2v) is 2.78. The zero-order valence-corrected chi connectivity index (χ0v) is 7.38. The number of carboxylic acids is 1. The number of nitrogens with two attached hydrogens (primary N) is 1. The minimum absolute atomic E-state index is 0.0180. The summed E-state index contributed by atoms with van der Waals surface area (Å²) in [4.78, 5) is 19.9. The van der Waals surface area contributed by atoms with Gasteiger partial charge in [0.25, 0.3) is 0 Å². The van der Waals surface area contributed by atoms with E-state index in [0.29, 0.717) is 0 Å². The molecule has 0 amide bonds. The van der Waals surface area contributed by atoms with Crippen LogP contribution in [-0.2, 0) is 4.79 Å². The van der Waals surface area contributed by atoms with Crippen molar-refractivity contribution in [3.63, 3.8) is 0 Å². The molecule has 3 N–H and O–H groups in total. The maximum atomic E-state index is 12.9. The first kappa shape index (κ1) is 11.1. The first-order chi connectivity index (χ1) is 6.93. The lowest BCUT2D eigenvalue weighted by molar-refractivity contribution is -0.387. The summed E-state index contributed by atoms with van der Waals surface area (Å²) in [6, 6.07) is 1.33. The molecule has 6 nitrogen and oxygen atoms in total. The van der Waals surface area contributed by atoms with Gasteiger partial charge in [0.2, 0.25) is 5.82 Å². The number of carboxylic acid groups (broad SMARTS) is 1. The number of halogens is 1. The summed E-state index contributed by atoms with van der Waals surface area (Å²) in [5.41, 5.74) is 4.41. The van der Waals surface area contributed by atoms with Crippen LogP contribution < -0.4 is 5.73 Å². The van der Waals surface area contributed by atoms with E-state index in [0.717, 1.165) is 18.2 Å². The van der Waals surface area contributed by atoms with Gasteiger partial charge in [-0.05, 0) is 11.6 Å². The van der Waals surface area contributed by atoms with Crippen molar-refractivity contribution >= 4 is 11.7 Å². The van der Waals surface area contributed by atoms with Crippen molar-refractivity contribution in [3.8, 4) is 0 Å². The van der Waals surface area contributed by atoms with Crippen LogP contribution in [0.3, 0.4) is 0 Å². The number of nitro benzene ring substituents is 1. The van der Waals surface area contributed by atoms with Crippen LogP contribution in [0.15, 0.2) is 18.2 Å². The normalized spacial score (nSPS) is 12.1. The molecule has 0 spiro atoms. The lowest BCUT2D eigenvalue weighted by Gasteiger charge is -2.05. The minimum atomic E-state index is -1.40. The maximum Gasteiger partial charge on any atom is 0.325 e. The Balaban J connectivity index is 3.18. The van der Waals surface area contributed by atoms with E-state index in [1.54, 1.807) is 0 Å². The molecule has 1 rings (SSSR count). The zero-order chi connectivity index (χ0) is 11.6. The molecule has 0 saturated heterocycles. The van der Waals surface area contributed by atoms with Gasteiger partial charge in [0.1, 0.15) is 6.04 Å². The van der Waals surface area contributed by atoms with Crippen molar-refractivity contribution in [2.45, 2.75) is 6.04 Å². The molecule has 0 aliphatic carbocycles. The van der Waals surface area contributed by atoms with E-state index in [4.69, 9.17) is 10.8 Å². The SMILES string of the molecule is NC(C(=O)O)c1ccc(F)c([N+](=O)[O-])c1. The van der Waals surface area contributed by atoms with E-state index in [2.05, 4.69) is 0 Å². The van der Waals surface area contributed by atoms with Crippen molar-refractivity contribution in [3.05, 3.63) is 39.7 Å². The van der Waals surface area contributed by atoms with Crippen molar-refractivity contribution in [1.29, 1.82) is 0 Å². The second-order valence-electron chi connectivity index (χ2n) is 2.78. The number of carbonyl (C=O) groups is 1. The molecule has 15 heavy (non-hydrogen) atoms. The predicted octanol–water partition coefficient (Wildman–Crippen LogP) is 0.818. The third kappa shape index (κ3) is 2.26. The zero-order valence-electron chi connectivity index (χ0n) is 7.38. The number of nitro groups is 1. The molecule has 7 heteroatoms. The van der Waals surface area contributed by atoms with Crippen molar-refractivity contribution < 1.29 is 19.2 Å². The molecule has 0 aliphatic rings. The van der Waals surface area contributed by atoms with Crippen molar-refractivity contribution in [2.24, 2.45) is 5.73 Å². The molecule has 1 aromatic rings. The Morgan fingerprint density at radius 3 is 2.67 bits per heavy atom. The average molecular weight is 214 g/mol. The lowest BCUT2D eigenvalue weighted by Crippen LogP contribution is -2.20. The van der Waals surface area contributed by atoms with Crippen LogP contribution >= 0.6 is 0 Å². The van der Waals surface area contributed by atoms with Gasteiger partial charge in [0.15, 0.2) is 0 Å². The van der Waals surface area contributed by atoms with E-state index in [-0.39, 0.29) is 5.56 Å². The molecule has 0 bridgehead atoms. The van der Waals surface area contributed by atoms with Crippen LogP contribution in [0, 0.1) is 15.9 Å². The van der Waals surface area contributed by atoms with Gasteiger partial charge in [-0.2, -0.15) is 4.39 Å². The Labute approximate surface area is 83.3 Å². The van der Waals surface area contributed by atoms with E-state index in [1.165, 1.54) is 0 Å². The summed E-state index contributed by atoms with van der Waals surface area (Å²) < 4.78 is 12.9. The minimum Gasteiger partial charge on any atom is -0.480 e. The van der Waals surface area contributed by atoms with Crippen molar-refractivity contribution in [2.75, 3.05) is 0 Å². The number of benzene rings is 1. The largest absolute Gasteiger partial charge is 0.480 e. The smallest absolute Gasteiger partial charge is 0.325 e. The fourth-order valence-corrected chi connectivity index (χ4v) is 1.01. The molecule has 0 fully saturated rings. The van der Waals surface area contributed by atoms with E-state index < -0.39 is 28.4 Å². The quantitative estimate of drug-likeness (QED) is 0.572. The Hall–Kier alpha value is -2.02. The topological polar surface area (TPSA) is 106 Å². The molecule has 0 saturated carbocycles. The fourth-order valence-electron chi connectivity index (χ4n) is 1.01. The van der Waals surface area contributed by atoms with E-state index in [9.17, 15) is 19.3 Å². The second kappa shape index (κ2) is 4.01. The molecule has 1 unspecified atom stereocenters. The molecule has 0 aromatic heterocycles. The van der Waals surface area contributed by atoms with Crippen LogP contribution in [0.5, 0.6) is 0 Å². The van der Waals surface area contributed by atoms with Crippen molar-refractivity contribution in [1.82, 2.24) is 0 Å². The molecule has 80 valence electrons. The highest BCUT2D eigenvalue weighted by Gasteiger charge is 2.20. The molecular weight excluding hydrogens is 207 g/mol. The summed E-state index contributed by atoms with van der Waals surface area (Å²) in [5, 5.41) is 18.9. The third-order valence-corrected chi connectivity index (χ3v) is 1.79. The Morgan fingerprint density at radius 2 is 2.20 bits per heavy atom. The van der Waals surface area contributed by atoms with E-state index in [1.807, 2.05) is 0 Å². The van der Waals surface area contributed by atoms with Crippen LogP contribution in [0.25, 0.3) is 0 Å². The molecule has 0 aliphatic heterocycles. The monoisotopic (exact) mass is 214 g/mol. The first-order valence-electron chi connectivity index (χ1n) is 3.85. The summed E-state index contributed by atoms with van der Waals surface area (Å²) in [6.07, 6.45) is 0. The van der Waals surface area contributed by atoms with Crippen LogP contribution in [0.4, 0.5) is 10.1 Å². The summed E-state index contributed by atoms with van der Waals surface area (Å²) >= 11 is 0. The molecule has 0 radical (unpaired) electrons. The highest BCUT2D eigenvalue weighted by Crippen LogP contribution is 2.21. The summed E-state index contributed by atoms with van der Waals surface area (Å²) in [7, 11) is 0. The van der Waals surface area contributed by atoms with Crippen LogP contribution in [0.2, 0.25) is 0 Å². The van der Waals surface area contributed by atoms with Gasteiger partial charge in [-0.1, -0.05) is 6.07 Å². The van der Waals surface area contributed by atoms with Gasteiger partial charge >= 0.3 is 11.7 Å². The van der Waals surface area contributed by atoms with E-state index >= 15 is 0 Å². The molecule has 0 heterocycles. The number of nitrogens with zero attached hydrogens (tertiary/aromatic N) is 1. The number of rotatable bonds is 3. The van der Waals surface area contributed by atoms with Gasteiger partial charge in [0, 0.05) is 6.07 Å². The highest BCUT2D eigenvalue weighted by molar-refractivity contribution is 5.75. The number of hydrogen-bond acceptors (Lipinski definition) is 4. The van der Waals surface area contributed by atoms with Crippen LogP contribution in [-0.4, -0.2) is 16.0 Å². The molecule has 1 aromatic carbocycles. The maximum absolute atomic E-state index is 12.9. The molecule has 1 atom stereocenters. The van der Waals surface area contributed by atoms with Crippen LogP contribution in [0.1, 0.15) is 11.6 Å². The first-order valence-corrected chi connectivity index (χ1v) is 3.85. The predicted molar refractivity (Wildman–Crippen MR) is 47.6 cm³/mol. The fraction of sp³-hybridized carbons (Fsp3) is 0.125. The summed E-state index contributed by atoms with van der Waals surface area (Å²) in [5.74, 6) is -2.36. The number of hydrogen-bond donors (Lipinski definition) is 2. The van der Waals surface area contributed by atoms with Gasteiger partial charge in [-0.25, -0.2) is 0 Å². The molecular formula is C8H7FN2O4. The Morgan fingerprint density at radius 1 is 1.60 bits per heavy atom. The number of aliphatic carboxylic acids is 1. The lowest BCUT2D eigenvalue weighted by atomic mass is 10.1. The Kier molecular flexibility index (Phi) is 2.96. The Bertz CT molecular complexity index is 421. The standard InChI is InChI=1S/C8H7FN2O4/c9-5-2-1-4(7(10)8(12)13)3-6(5)11(14)15/h1-3,7H,10H2,(H,12,13). The highest BCUT2D eigenvalue weighted by atomic mass is 19.1.